The summed E-state index contributed by atoms with van der Waals surface area (Å²) in [5.41, 5.74) is 2.35. The van der Waals surface area contributed by atoms with Gasteiger partial charge in [-0.1, -0.05) is 6.92 Å². The van der Waals surface area contributed by atoms with E-state index < -0.39 is 0 Å². The normalized spacial score (nSPS) is 28.8. The molecule has 0 bridgehead atoms. The number of morpholine rings is 1. The molecular weight excluding hydrogens is 308 g/mol. The highest BCUT2D eigenvalue weighted by atomic mass is 32.1. The second-order valence-corrected chi connectivity index (χ2v) is 8.13. The Morgan fingerprint density at radius 3 is 2.83 bits per heavy atom. The average Bonchev–Trinajstić information content (AvgIpc) is 3.19. The van der Waals surface area contributed by atoms with E-state index in [0.717, 1.165) is 51.4 Å². The Morgan fingerprint density at radius 2 is 2.00 bits per heavy atom. The minimum atomic E-state index is 0.270. The molecule has 1 aromatic heterocycles. The average molecular weight is 334 g/mol. The molecule has 5 heteroatoms. The van der Waals surface area contributed by atoms with Crippen LogP contribution in [0.1, 0.15) is 40.6 Å². The lowest BCUT2D eigenvalue weighted by atomic mass is 9.95. The number of rotatable bonds is 2. The van der Waals surface area contributed by atoms with Gasteiger partial charge < -0.3 is 9.64 Å². The highest BCUT2D eigenvalue weighted by Gasteiger charge is 2.37. The molecule has 1 amide bonds. The first-order chi connectivity index (χ1) is 11.2. The van der Waals surface area contributed by atoms with Gasteiger partial charge in [0.2, 0.25) is 0 Å². The summed E-state index contributed by atoms with van der Waals surface area (Å²) in [5, 5.41) is 2.12. The van der Waals surface area contributed by atoms with Gasteiger partial charge in [0.05, 0.1) is 18.8 Å². The summed E-state index contributed by atoms with van der Waals surface area (Å²) in [5.74, 6) is 0.818. The zero-order valence-electron chi connectivity index (χ0n) is 13.9. The lowest BCUT2D eigenvalue weighted by Crippen LogP contribution is -2.47. The van der Waals surface area contributed by atoms with Crippen LogP contribution in [-0.4, -0.2) is 61.1 Å². The molecule has 1 aliphatic carbocycles. The molecule has 126 valence electrons. The molecular formula is C18H26N2O2S. The van der Waals surface area contributed by atoms with Gasteiger partial charge in [-0.25, -0.2) is 0 Å². The quantitative estimate of drug-likeness (QED) is 0.833. The van der Waals surface area contributed by atoms with Crippen LogP contribution in [0.25, 0.3) is 0 Å². The maximum Gasteiger partial charge on any atom is 0.255 e. The number of fused-ring (bicyclic) bond motifs is 1. The number of hydrogen-bond acceptors (Lipinski definition) is 4. The number of nitrogens with zero attached hydrogens (tertiary/aromatic N) is 2. The summed E-state index contributed by atoms with van der Waals surface area (Å²) < 4.78 is 5.47. The van der Waals surface area contributed by atoms with E-state index in [9.17, 15) is 4.79 Å². The first-order valence-corrected chi connectivity index (χ1v) is 9.82. The molecule has 0 unspecified atom stereocenters. The van der Waals surface area contributed by atoms with Gasteiger partial charge in [-0.15, -0.1) is 11.3 Å². The van der Waals surface area contributed by atoms with Crippen molar-refractivity contribution in [3.05, 3.63) is 21.4 Å². The van der Waals surface area contributed by atoms with E-state index in [0.29, 0.717) is 12.0 Å². The Bertz CT molecular complexity index is 580. The van der Waals surface area contributed by atoms with Crippen molar-refractivity contribution in [2.24, 2.45) is 5.92 Å². The van der Waals surface area contributed by atoms with E-state index in [1.54, 1.807) is 11.3 Å². The van der Waals surface area contributed by atoms with Crippen molar-refractivity contribution in [1.29, 1.82) is 0 Å². The van der Waals surface area contributed by atoms with Crippen molar-refractivity contribution in [3.8, 4) is 0 Å². The van der Waals surface area contributed by atoms with Crippen LogP contribution in [-0.2, 0) is 17.6 Å². The standard InChI is InChI=1S/C18H26N2O2S/c1-13-10-20(11-16(13)19-6-8-22-9-7-19)18(21)15-12-23-17-5-3-2-4-14(15)17/h12-13,16H,2-11H2,1H3/t13-,16+/m0/s1. The fourth-order valence-corrected chi connectivity index (χ4v) is 5.46. The second kappa shape index (κ2) is 6.54. The molecule has 1 aromatic rings. The van der Waals surface area contributed by atoms with Crippen molar-refractivity contribution >= 4 is 17.2 Å². The molecule has 0 aromatic carbocycles. The van der Waals surface area contributed by atoms with Crippen LogP contribution in [0.3, 0.4) is 0 Å². The zero-order chi connectivity index (χ0) is 15.8. The fraction of sp³-hybridized carbons (Fsp3) is 0.722. The number of ether oxygens (including phenoxy) is 1. The zero-order valence-corrected chi connectivity index (χ0v) is 14.7. The van der Waals surface area contributed by atoms with Crippen LogP contribution >= 0.6 is 11.3 Å². The van der Waals surface area contributed by atoms with Crippen LogP contribution in [0.15, 0.2) is 5.38 Å². The summed E-state index contributed by atoms with van der Waals surface area (Å²) in [6, 6.07) is 0.498. The van der Waals surface area contributed by atoms with Crippen molar-refractivity contribution in [3.63, 3.8) is 0 Å². The molecule has 0 radical (unpaired) electrons. The molecule has 23 heavy (non-hydrogen) atoms. The molecule has 0 N–H and O–H groups in total. The van der Waals surface area contributed by atoms with E-state index in [4.69, 9.17) is 4.74 Å². The van der Waals surface area contributed by atoms with Crippen LogP contribution in [0.2, 0.25) is 0 Å². The molecule has 4 rings (SSSR count). The van der Waals surface area contributed by atoms with Crippen molar-refractivity contribution < 1.29 is 9.53 Å². The predicted molar refractivity (Wildman–Crippen MR) is 92.2 cm³/mol. The number of hydrogen-bond donors (Lipinski definition) is 0. The minimum Gasteiger partial charge on any atom is -0.379 e. The summed E-state index contributed by atoms with van der Waals surface area (Å²) in [6.45, 7) is 7.73. The molecule has 2 saturated heterocycles. The molecule has 0 spiro atoms. The van der Waals surface area contributed by atoms with Gasteiger partial charge >= 0.3 is 0 Å². The molecule has 2 aliphatic heterocycles. The number of amides is 1. The Hall–Kier alpha value is -0.910. The molecule has 4 nitrogen and oxygen atoms in total. The number of thiophene rings is 1. The summed E-state index contributed by atoms with van der Waals surface area (Å²) >= 11 is 1.79. The maximum atomic E-state index is 13.0. The molecule has 3 heterocycles. The van der Waals surface area contributed by atoms with Gasteiger partial charge in [0.1, 0.15) is 0 Å². The van der Waals surface area contributed by atoms with Crippen molar-refractivity contribution in [2.45, 2.75) is 38.6 Å². The van der Waals surface area contributed by atoms with Gasteiger partial charge in [0.15, 0.2) is 0 Å². The van der Waals surface area contributed by atoms with Gasteiger partial charge in [-0.2, -0.15) is 0 Å². The Kier molecular flexibility index (Phi) is 4.43. The van der Waals surface area contributed by atoms with Crippen LogP contribution in [0.4, 0.5) is 0 Å². The number of likely N-dealkylation sites (tertiary alicyclic amines) is 1. The smallest absolute Gasteiger partial charge is 0.255 e. The first-order valence-electron chi connectivity index (χ1n) is 8.94. The number of carbonyl (C=O) groups excluding carboxylic acids is 1. The fourth-order valence-electron chi connectivity index (χ4n) is 4.34. The van der Waals surface area contributed by atoms with Crippen LogP contribution in [0.5, 0.6) is 0 Å². The molecule has 3 aliphatic rings. The van der Waals surface area contributed by atoms with E-state index in [1.807, 2.05) is 0 Å². The lowest BCUT2D eigenvalue weighted by molar-refractivity contribution is 0.0119. The lowest BCUT2D eigenvalue weighted by Gasteiger charge is -2.34. The van der Waals surface area contributed by atoms with E-state index in [-0.39, 0.29) is 5.91 Å². The predicted octanol–water partition coefficient (Wildman–Crippen LogP) is 2.42. The van der Waals surface area contributed by atoms with E-state index in [2.05, 4.69) is 22.1 Å². The van der Waals surface area contributed by atoms with Gasteiger partial charge in [0.25, 0.3) is 5.91 Å². The monoisotopic (exact) mass is 334 g/mol. The summed E-state index contributed by atoms with van der Waals surface area (Å²) in [6.07, 6.45) is 4.77. The number of carbonyl (C=O) groups is 1. The van der Waals surface area contributed by atoms with Crippen molar-refractivity contribution in [1.82, 2.24) is 9.80 Å². The molecule has 2 atom stereocenters. The van der Waals surface area contributed by atoms with Crippen LogP contribution < -0.4 is 0 Å². The second-order valence-electron chi connectivity index (χ2n) is 7.16. The SMILES string of the molecule is C[C@H]1CN(C(=O)c2csc3c2CCCC3)C[C@H]1N1CCOCC1. The maximum absolute atomic E-state index is 13.0. The van der Waals surface area contributed by atoms with Gasteiger partial charge in [0, 0.05) is 42.5 Å². The van der Waals surface area contributed by atoms with Gasteiger partial charge in [-0.05, 0) is 37.2 Å². The van der Waals surface area contributed by atoms with Gasteiger partial charge in [-0.3, -0.25) is 9.69 Å². The third-order valence-electron chi connectivity index (χ3n) is 5.67. The highest BCUT2D eigenvalue weighted by molar-refractivity contribution is 7.10. The van der Waals surface area contributed by atoms with Crippen molar-refractivity contribution in [2.75, 3.05) is 39.4 Å². The van der Waals surface area contributed by atoms with Crippen LogP contribution in [0, 0.1) is 5.92 Å². The van der Waals surface area contributed by atoms with E-state index in [1.165, 1.54) is 29.7 Å². The number of aryl methyl sites for hydroxylation is 1. The largest absolute Gasteiger partial charge is 0.379 e. The molecule has 0 saturated carbocycles. The summed E-state index contributed by atoms with van der Waals surface area (Å²) in [4.78, 5) is 19.1. The topological polar surface area (TPSA) is 32.8 Å². The Labute approximate surface area is 142 Å². The highest BCUT2D eigenvalue weighted by Crippen LogP contribution is 2.32. The third-order valence-corrected chi connectivity index (χ3v) is 6.75. The third kappa shape index (κ3) is 2.94. The first kappa shape index (κ1) is 15.6. The Balaban J connectivity index is 1.48. The molecule has 2 fully saturated rings. The Morgan fingerprint density at radius 1 is 1.22 bits per heavy atom. The minimum absolute atomic E-state index is 0.270. The summed E-state index contributed by atoms with van der Waals surface area (Å²) in [7, 11) is 0. The van der Waals surface area contributed by atoms with E-state index >= 15 is 0 Å².